The largest absolute Gasteiger partial charge is 0.756 e. The molecule has 0 bridgehead atoms. The van der Waals surface area contributed by atoms with E-state index in [4.69, 9.17) is 15.5 Å². The van der Waals surface area contributed by atoms with Crippen LogP contribution in [-0.4, -0.2) is 31.3 Å². The van der Waals surface area contributed by atoms with Crippen molar-refractivity contribution >= 4 is 57.6 Å². The normalized spacial score (nSPS) is 17.2. The van der Waals surface area contributed by atoms with Gasteiger partial charge in [-0.25, -0.2) is 23.4 Å². The van der Waals surface area contributed by atoms with E-state index in [0.717, 1.165) is 10.6 Å². The molecule has 0 amide bonds. The van der Waals surface area contributed by atoms with E-state index in [1.165, 1.54) is 11.3 Å². The maximum atomic E-state index is 11.7. The second-order valence-corrected chi connectivity index (χ2v) is 11.2. The Morgan fingerprint density at radius 1 is 1.19 bits per heavy atom. The number of hydrogen-bond acceptors (Lipinski definition) is 11. The van der Waals surface area contributed by atoms with Crippen LogP contribution >= 0.6 is 51.8 Å². The Hall–Kier alpha value is -0.600. The third kappa shape index (κ3) is 9.42. The molecule has 2 heterocycles. The number of phosphoric acid groups is 3. The Labute approximate surface area is 191 Å². The summed E-state index contributed by atoms with van der Waals surface area (Å²) in [5.41, 5.74) is 9.19. The van der Waals surface area contributed by atoms with Crippen molar-refractivity contribution < 1.29 is 51.0 Å². The molecule has 3 atom stereocenters. The summed E-state index contributed by atoms with van der Waals surface area (Å²) in [6.07, 6.45) is 1.75. The Kier molecular flexibility index (Phi) is 10.1. The number of nitrogen functional groups attached to an aromatic ring is 1. The number of rotatable bonds is 10. The second-order valence-electron chi connectivity index (χ2n) is 5.84. The fraction of sp³-hybridized carbons (Fsp3) is 0.417. The minimum absolute atomic E-state index is 0. The lowest BCUT2D eigenvalue weighted by atomic mass is 10.2. The highest BCUT2D eigenvalue weighted by Crippen LogP contribution is 2.65. The van der Waals surface area contributed by atoms with E-state index in [0.29, 0.717) is 23.8 Å². The molecule has 3 unspecified atom stereocenters. The van der Waals surface area contributed by atoms with Crippen molar-refractivity contribution in [3.8, 4) is 0 Å². The number of aromatic nitrogens is 3. The summed E-state index contributed by atoms with van der Waals surface area (Å²) < 4.78 is 47.0. The molecule has 176 valence electrons. The van der Waals surface area contributed by atoms with Crippen LogP contribution < -0.4 is 15.2 Å². The van der Waals surface area contributed by atoms with E-state index in [2.05, 4.69) is 23.1 Å². The van der Waals surface area contributed by atoms with Crippen LogP contribution in [0, 0.1) is 13.8 Å². The van der Waals surface area contributed by atoms with Gasteiger partial charge in [0.2, 0.25) is 5.51 Å². The highest BCUT2D eigenvalue weighted by molar-refractivity contribution is 8.93. The van der Waals surface area contributed by atoms with Gasteiger partial charge in [-0.1, -0.05) is 11.3 Å². The van der Waals surface area contributed by atoms with E-state index in [1.54, 1.807) is 25.6 Å². The Morgan fingerprint density at radius 2 is 1.84 bits per heavy atom. The summed E-state index contributed by atoms with van der Waals surface area (Å²) in [5, 5.41) is 0. The maximum absolute atomic E-state index is 11.7. The minimum atomic E-state index is -5.68. The number of halogens is 1. The predicted octanol–water partition coefficient (Wildman–Crippen LogP) is 0.905. The van der Waals surface area contributed by atoms with E-state index in [9.17, 15) is 23.5 Å². The highest BCUT2D eigenvalue weighted by atomic mass is 79.9. The van der Waals surface area contributed by atoms with Crippen molar-refractivity contribution in [2.75, 3.05) is 12.3 Å². The smallest absolute Gasteiger partial charge is 0.487 e. The first-order valence-corrected chi connectivity index (χ1v) is 13.3. The summed E-state index contributed by atoms with van der Waals surface area (Å²) in [4.78, 5) is 46.3. The number of aryl methyl sites for hydroxylation is 1. The molecule has 0 radical (unpaired) electrons. The molecule has 0 saturated heterocycles. The van der Waals surface area contributed by atoms with Gasteiger partial charge in [0, 0.05) is 19.5 Å². The zero-order valence-electron chi connectivity index (χ0n) is 16.1. The zero-order chi connectivity index (χ0) is 22.7. The van der Waals surface area contributed by atoms with E-state index in [1.807, 2.05) is 4.57 Å². The Bertz CT molecular complexity index is 1060. The van der Waals surface area contributed by atoms with Crippen LogP contribution in [0.25, 0.3) is 0 Å². The van der Waals surface area contributed by atoms with E-state index < -0.39 is 30.1 Å². The minimum Gasteiger partial charge on any atom is -0.756 e. The lowest BCUT2D eigenvalue weighted by Gasteiger charge is -2.20. The average Bonchev–Trinajstić information content (AvgIpc) is 2.87. The van der Waals surface area contributed by atoms with Crippen LogP contribution in [0.5, 0.6) is 0 Å². The molecule has 2 aromatic rings. The molecule has 0 spiro atoms. The van der Waals surface area contributed by atoms with Crippen LogP contribution in [0.2, 0.25) is 0 Å². The maximum Gasteiger partial charge on any atom is 0.487 e. The lowest BCUT2D eigenvalue weighted by Crippen LogP contribution is -2.35. The summed E-state index contributed by atoms with van der Waals surface area (Å²) >= 11 is 1.33. The van der Waals surface area contributed by atoms with Crippen LogP contribution in [-0.2, 0) is 39.8 Å². The molecule has 2 rings (SSSR count). The van der Waals surface area contributed by atoms with Gasteiger partial charge in [-0.3, -0.25) is 9.09 Å². The van der Waals surface area contributed by atoms with E-state index >= 15 is 0 Å². The van der Waals surface area contributed by atoms with Gasteiger partial charge in [-0.2, -0.15) is 8.88 Å². The van der Waals surface area contributed by atoms with Crippen molar-refractivity contribution in [3.05, 3.63) is 33.7 Å². The zero-order valence-corrected chi connectivity index (χ0v) is 21.3. The van der Waals surface area contributed by atoms with Crippen LogP contribution in [0.15, 0.2) is 11.7 Å². The van der Waals surface area contributed by atoms with Crippen LogP contribution in [0.4, 0.5) is 5.82 Å². The topological polar surface area (TPSA) is 218 Å². The Balaban J connectivity index is 0.00000480. The molecule has 0 aliphatic heterocycles. The molecule has 0 aromatic carbocycles. The molecular formula is C12H20BrN4O10P3S. The van der Waals surface area contributed by atoms with Crippen molar-refractivity contribution in [2.45, 2.75) is 26.8 Å². The number of hydrogen-bond donors (Lipinski definition) is 4. The second kappa shape index (κ2) is 11.0. The fourth-order valence-corrected chi connectivity index (χ4v) is 6.18. The third-order valence-electron chi connectivity index (χ3n) is 3.51. The molecule has 31 heavy (non-hydrogen) atoms. The molecule has 19 heteroatoms. The van der Waals surface area contributed by atoms with E-state index in [-0.39, 0.29) is 23.4 Å². The number of thiazole rings is 1. The highest BCUT2D eigenvalue weighted by Gasteiger charge is 2.38. The van der Waals surface area contributed by atoms with Gasteiger partial charge in [-0.05, 0) is 6.92 Å². The number of phosphoric ester groups is 1. The molecule has 0 saturated carbocycles. The quantitative estimate of drug-likeness (QED) is 0.225. The summed E-state index contributed by atoms with van der Waals surface area (Å²) in [5.74, 6) is 0.900. The van der Waals surface area contributed by atoms with Gasteiger partial charge in [0.05, 0.1) is 17.0 Å². The van der Waals surface area contributed by atoms with Gasteiger partial charge in [-0.15, -0.1) is 17.0 Å². The Morgan fingerprint density at radius 3 is 2.42 bits per heavy atom. The van der Waals surface area contributed by atoms with Gasteiger partial charge in [0.1, 0.15) is 11.6 Å². The van der Waals surface area contributed by atoms with Crippen molar-refractivity contribution in [2.24, 2.45) is 0 Å². The first-order valence-electron chi connectivity index (χ1n) is 7.98. The average molecular weight is 585 g/mol. The van der Waals surface area contributed by atoms with Gasteiger partial charge in [0.15, 0.2) is 12.2 Å². The molecule has 14 nitrogen and oxygen atoms in total. The first kappa shape index (κ1) is 28.4. The summed E-state index contributed by atoms with van der Waals surface area (Å²) in [6.45, 7) is 3.52. The van der Waals surface area contributed by atoms with Crippen molar-refractivity contribution in [1.29, 1.82) is 0 Å². The molecule has 0 fully saturated rings. The number of nitrogens with zero attached hydrogens (tertiary/aromatic N) is 3. The van der Waals surface area contributed by atoms with Crippen molar-refractivity contribution in [1.82, 2.24) is 9.97 Å². The molecule has 0 aliphatic carbocycles. The monoisotopic (exact) mass is 584 g/mol. The number of anilines is 1. The molecular weight excluding hydrogens is 565 g/mol. The summed E-state index contributed by atoms with van der Waals surface area (Å²) in [7, 11) is -16.4. The molecule has 0 aliphatic rings. The van der Waals surface area contributed by atoms with Crippen LogP contribution in [0.3, 0.4) is 0 Å². The SMILES string of the molecule is Br.Cc1ncc(C[n+]2csc(CCOP(=O)(O)OP(=O)(O)OP(=O)([O-])O)c2C)c(N)n1. The molecule has 2 aromatic heterocycles. The molecule has 5 N–H and O–H groups in total. The summed E-state index contributed by atoms with van der Waals surface area (Å²) in [6, 6.07) is 0. The lowest BCUT2D eigenvalue weighted by molar-refractivity contribution is -0.689. The van der Waals surface area contributed by atoms with Gasteiger partial charge < -0.3 is 25.3 Å². The fourth-order valence-electron chi connectivity index (χ4n) is 2.22. The van der Waals surface area contributed by atoms with Crippen LogP contribution in [0.1, 0.15) is 22.0 Å². The van der Waals surface area contributed by atoms with Gasteiger partial charge in [0.25, 0.3) is 7.82 Å². The third-order valence-corrected chi connectivity index (χ3v) is 8.47. The predicted molar refractivity (Wildman–Crippen MR) is 111 cm³/mol. The van der Waals surface area contributed by atoms with Crippen molar-refractivity contribution in [3.63, 3.8) is 0 Å². The number of nitrogens with two attached hydrogens (primary N) is 1. The standard InChI is InChI=1S/C12H19N4O10P3S.BrH/c1-8-11(30-7-16(8)6-10-5-14-9(2)15-12(10)13)3-4-24-28(20,21)26-29(22,23)25-27(17,18)19;/h5,7H,3-4,6H2,1-2H3,(H5-,13,14,15,17,18,19,20,21,22,23);1H. The first-order chi connectivity index (χ1) is 13.7. The van der Waals surface area contributed by atoms with Gasteiger partial charge >= 0.3 is 15.6 Å².